The maximum atomic E-state index is 12.8. The first-order valence-electron chi connectivity index (χ1n) is 9.61. The number of pyridine rings is 1. The first-order chi connectivity index (χ1) is 15.1. The van der Waals surface area contributed by atoms with Crippen LogP contribution in [0.15, 0.2) is 65.3 Å². The molecule has 0 aliphatic carbocycles. The third-order valence-electron chi connectivity index (χ3n) is 4.98. The van der Waals surface area contributed by atoms with Crippen LogP contribution in [0.1, 0.15) is 16.8 Å². The van der Waals surface area contributed by atoms with Gasteiger partial charge in [-0.05, 0) is 37.3 Å². The van der Waals surface area contributed by atoms with Crippen LogP contribution >= 0.6 is 0 Å². The van der Waals surface area contributed by atoms with E-state index in [-0.39, 0.29) is 23.7 Å². The van der Waals surface area contributed by atoms with Gasteiger partial charge in [0, 0.05) is 10.8 Å². The van der Waals surface area contributed by atoms with Crippen LogP contribution in [0.2, 0.25) is 0 Å². The number of nitriles is 1. The smallest absolute Gasteiger partial charge is 0.231 e. The SMILES string of the molecule is Cc1ccc2onc(CC(=O)Nc3c(C#N)cnn3-c3ccc4ccccc4n3)c2c1. The summed E-state index contributed by atoms with van der Waals surface area (Å²) < 4.78 is 6.76. The Hall–Kier alpha value is -4.51. The maximum absolute atomic E-state index is 12.8. The zero-order valence-corrected chi connectivity index (χ0v) is 16.5. The number of nitrogens with zero attached hydrogens (tertiary/aromatic N) is 5. The molecule has 0 aliphatic rings. The second-order valence-electron chi connectivity index (χ2n) is 7.15. The van der Waals surface area contributed by atoms with Crippen molar-refractivity contribution in [3.05, 3.63) is 77.6 Å². The van der Waals surface area contributed by atoms with E-state index in [0.717, 1.165) is 21.9 Å². The molecule has 8 nitrogen and oxygen atoms in total. The summed E-state index contributed by atoms with van der Waals surface area (Å²) in [7, 11) is 0. The zero-order valence-electron chi connectivity index (χ0n) is 16.5. The third kappa shape index (κ3) is 3.38. The van der Waals surface area contributed by atoms with Gasteiger partial charge in [0.1, 0.15) is 17.3 Å². The van der Waals surface area contributed by atoms with Crippen molar-refractivity contribution in [2.75, 3.05) is 5.32 Å². The van der Waals surface area contributed by atoms with Gasteiger partial charge in [-0.1, -0.05) is 35.0 Å². The minimum Gasteiger partial charge on any atom is -0.356 e. The largest absolute Gasteiger partial charge is 0.356 e. The molecule has 0 bridgehead atoms. The molecule has 0 atom stereocenters. The quantitative estimate of drug-likeness (QED) is 0.483. The van der Waals surface area contributed by atoms with E-state index in [4.69, 9.17) is 4.52 Å². The van der Waals surface area contributed by atoms with Gasteiger partial charge in [0.05, 0.1) is 18.1 Å². The summed E-state index contributed by atoms with van der Waals surface area (Å²) in [5, 5.41) is 22.3. The number of aromatic nitrogens is 4. The topological polar surface area (TPSA) is 110 Å². The predicted molar refractivity (Wildman–Crippen MR) is 115 cm³/mol. The number of hydrogen-bond donors (Lipinski definition) is 1. The number of rotatable bonds is 4. The monoisotopic (exact) mass is 408 g/mol. The van der Waals surface area contributed by atoms with Crippen LogP contribution in [-0.2, 0) is 11.2 Å². The lowest BCUT2D eigenvalue weighted by atomic mass is 10.1. The molecule has 0 saturated carbocycles. The van der Waals surface area contributed by atoms with Gasteiger partial charge >= 0.3 is 0 Å². The Morgan fingerprint density at radius 2 is 2.06 bits per heavy atom. The summed E-state index contributed by atoms with van der Waals surface area (Å²) in [5.74, 6) is 0.424. The van der Waals surface area contributed by atoms with Gasteiger partial charge < -0.3 is 9.84 Å². The lowest BCUT2D eigenvalue weighted by Gasteiger charge is -2.09. The number of fused-ring (bicyclic) bond motifs is 2. The number of nitrogens with one attached hydrogen (secondary N) is 1. The molecular weight excluding hydrogens is 392 g/mol. The Balaban J connectivity index is 1.47. The van der Waals surface area contributed by atoms with Gasteiger partial charge in [-0.2, -0.15) is 15.0 Å². The number of para-hydroxylation sites is 1. The summed E-state index contributed by atoms with van der Waals surface area (Å²) in [6.07, 6.45) is 1.40. The van der Waals surface area contributed by atoms with E-state index in [1.54, 1.807) is 6.07 Å². The second-order valence-corrected chi connectivity index (χ2v) is 7.15. The van der Waals surface area contributed by atoms with Crippen LogP contribution < -0.4 is 5.32 Å². The van der Waals surface area contributed by atoms with E-state index in [1.807, 2.05) is 55.5 Å². The van der Waals surface area contributed by atoms with Crippen molar-refractivity contribution in [1.29, 1.82) is 5.26 Å². The summed E-state index contributed by atoms with van der Waals surface area (Å²) in [6, 6.07) is 19.1. The van der Waals surface area contributed by atoms with Gasteiger partial charge in [0.25, 0.3) is 0 Å². The highest BCUT2D eigenvalue weighted by atomic mass is 16.5. The molecule has 8 heteroatoms. The minimum absolute atomic E-state index is 0.00233. The number of hydrogen-bond acceptors (Lipinski definition) is 6. The summed E-state index contributed by atoms with van der Waals surface area (Å²) in [6.45, 7) is 1.96. The van der Waals surface area contributed by atoms with Gasteiger partial charge in [0.15, 0.2) is 17.2 Å². The Bertz CT molecular complexity index is 1490. The molecule has 150 valence electrons. The highest BCUT2D eigenvalue weighted by Crippen LogP contribution is 2.23. The zero-order chi connectivity index (χ0) is 21.4. The van der Waals surface area contributed by atoms with Gasteiger partial charge in [-0.3, -0.25) is 4.79 Å². The molecule has 2 aromatic carbocycles. The van der Waals surface area contributed by atoms with Crippen LogP contribution in [0.3, 0.4) is 0 Å². The number of carbonyl (C=O) groups excluding carboxylic acids is 1. The molecule has 5 rings (SSSR count). The average molecular weight is 408 g/mol. The van der Waals surface area contributed by atoms with Crippen LogP contribution in [-0.4, -0.2) is 25.8 Å². The van der Waals surface area contributed by atoms with Crippen LogP contribution in [0.5, 0.6) is 0 Å². The third-order valence-corrected chi connectivity index (χ3v) is 4.98. The molecular formula is C23H16N6O2. The fourth-order valence-corrected chi connectivity index (χ4v) is 3.46. The van der Waals surface area contributed by atoms with Crippen molar-refractivity contribution in [3.63, 3.8) is 0 Å². The molecule has 0 radical (unpaired) electrons. The molecule has 0 spiro atoms. The molecule has 0 saturated heterocycles. The van der Waals surface area contributed by atoms with E-state index in [9.17, 15) is 10.1 Å². The molecule has 5 aromatic rings. The maximum Gasteiger partial charge on any atom is 0.231 e. The highest BCUT2D eigenvalue weighted by molar-refractivity contribution is 5.95. The standard InChI is InChI=1S/C23H16N6O2/c1-14-6-8-20-17(10-14)19(28-31-20)11-22(30)27-23-16(12-24)13-25-29(23)21-9-7-15-4-2-3-5-18(15)26-21/h2-10,13H,11H2,1H3,(H,27,30). The first kappa shape index (κ1) is 18.5. The Labute approximate surface area is 176 Å². The fourth-order valence-electron chi connectivity index (χ4n) is 3.46. The lowest BCUT2D eigenvalue weighted by molar-refractivity contribution is -0.115. The Morgan fingerprint density at radius 3 is 2.94 bits per heavy atom. The minimum atomic E-state index is -0.337. The number of benzene rings is 2. The number of aryl methyl sites for hydroxylation is 1. The molecule has 0 unspecified atom stereocenters. The van der Waals surface area contributed by atoms with Crippen molar-refractivity contribution in [2.24, 2.45) is 0 Å². The Kier molecular flexibility index (Phi) is 4.41. The average Bonchev–Trinajstić information content (AvgIpc) is 3.37. The number of amides is 1. The lowest BCUT2D eigenvalue weighted by Crippen LogP contribution is -2.18. The van der Waals surface area contributed by atoms with E-state index < -0.39 is 0 Å². The van der Waals surface area contributed by atoms with Gasteiger partial charge in [-0.25, -0.2) is 4.98 Å². The van der Waals surface area contributed by atoms with E-state index in [0.29, 0.717) is 17.1 Å². The van der Waals surface area contributed by atoms with Crippen molar-refractivity contribution >= 4 is 33.6 Å². The molecule has 0 fully saturated rings. The van der Waals surface area contributed by atoms with E-state index in [1.165, 1.54) is 10.9 Å². The Morgan fingerprint density at radius 1 is 1.19 bits per heavy atom. The summed E-state index contributed by atoms with van der Waals surface area (Å²) in [4.78, 5) is 17.4. The summed E-state index contributed by atoms with van der Waals surface area (Å²) >= 11 is 0. The number of anilines is 1. The van der Waals surface area contributed by atoms with Crippen molar-refractivity contribution < 1.29 is 9.32 Å². The molecule has 0 aliphatic heterocycles. The highest BCUT2D eigenvalue weighted by Gasteiger charge is 2.18. The molecule has 1 N–H and O–H groups in total. The fraction of sp³-hybridized carbons (Fsp3) is 0.0870. The van der Waals surface area contributed by atoms with Crippen molar-refractivity contribution in [1.82, 2.24) is 19.9 Å². The van der Waals surface area contributed by atoms with Crippen molar-refractivity contribution in [2.45, 2.75) is 13.3 Å². The predicted octanol–water partition coefficient (Wildman–Crippen LogP) is 3.92. The van der Waals surface area contributed by atoms with Crippen LogP contribution in [0.25, 0.3) is 27.7 Å². The molecule has 3 heterocycles. The van der Waals surface area contributed by atoms with E-state index >= 15 is 0 Å². The molecule has 1 amide bonds. The van der Waals surface area contributed by atoms with Gasteiger partial charge in [-0.15, -0.1) is 0 Å². The van der Waals surface area contributed by atoms with Crippen LogP contribution in [0.4, 0.5) is 5.82 Å². The summed E-state index contributed by atoms with van der Waals surface area (Å²) in [5.41, 5.74) is 3.23. The molecule has 31 heavy (non-hydrogen) atoms. The van der Waals surface area contributed by atoms with Crippen molar-refractivity contribution in [3.8, 4) is 11.9 Å². The van der Waals surface area contributed by atoms with Crippen LogP contribution in [0, 0.1) is 18.3 Å². The van der Waals surface area contributed by atoms with E-state index in [2.05, 4.69) is 26.6 Å². The molecule has 3 aromatic heterocycles. The first-order valence-corrected chi connectivity index (χ1v) is 9.61. The normalized spacial score (nSPS) is 11.0. The van der Waals surface area contributed by atoms with Gasteiger partial charge in [0.2, 0.25) is 5.91 Å². The second kappa shape index (κ2) is 7.39. The number of carbonyl (C=O) groups is 1.